The Hall–Kier alpha value is -1.97. The van der Waals surface area contributed by atoms with Gasteiger partial charge in [0, 0.05) is 5.56 Å². The number of carbonyl (C=O) groups excluding carboxylic acids is 1. The highest BCUT2D eigenvalue weighted by atomic mass is 16.3. The van der Waals surface area contributed by atoms with Crippen LogP contribution in [-0.4, -0.2) is 17.9 Å². The van der Waals surface area contributed by atoms with Crippen molar-refractivity contribution in [1.82, 2.24) is 5.32 Å². The second kappa shape index (κ2) is 5.78. The molecule has 0 spiro atoms. The zero-order valence-corrected chi connectivity index (χ0v) is 11.1. The van der Waals surface area contributed by atoms with Crippen LogP contribution in [0, 0.1) is 0 Å². The van der Waals surface area contributed by atoms with E-state index in [2.05, 4.69) is 5.32 Å². The molecule has 0 saturated carbocycles. The second-order valence-electron chi connectivity index (χ2n) is 4.45. The van der Waals surface area contributed by atoms with Crippen molar-refractivity contribution in [1.29, 1.82) is 0 Å². The molecule has 0 aromatic heterocycles. The molecule has 2 N–H and O–H groups in total. The average molecular weight is 255 g/mol. The van der Waals surface area contributed by atoms with Crippen LogP contribution in [0.5, 0.6) is 0 Å². The largest absolute Gasteiger partial charge is 0.374 e. The Kier molecular flexibility index (Phi) is 4.10. The Labute approximate surface area is 112 Å². The van der Waals surface area contributed by atoms with E-state index in [9.17, 15) is 9.90 Å². The molecule has 0 saturated heterocycles. The molecular formula is C16H17NO2. The van der Waals surface area contributed by atoms with E-state index in [4.69, 9.17) is 0 Å². The molecule has 1 atom stereocenters. The van der Waals surface area contributed by atoms with Gasteiger partial charge in [-0.3, -0.25) is 10.1 Å². The van der Waals surface area contributed by atoms with Gasteiger partial charge in [0.15, 0.2) is 5.78 Å². The summed E-state index contributed by atoms with van der Waals surface area (Å²) in [5.74, 6) is 0.0686. The first-order chi connectivity index (χ1) is 9.11. The Morgan fingerprint density at radius 2 is 1.47 bits per heavy atom. The van der Waals surface area contributed by atoms with E-state index >= 15 is 0 Å². The number of carbonyl (C=O) groups is 1. The number of benzene rings is 2. The van der Waals surface area contributed by atoms with Gasteiger partial charge in [0.25, 0.3) is 0 Å². The summed E-state index contributed by atoms with van der Waals surface area (Å²) < 4.78 is 0. The number of Topliss-reactive ketones (excluding diaryl/α,β-unsaturated/α-hetero) is 1. The van der Waals surface area contributed by atoms with E-state index in [1.807, 2.05) is 48.5 Å². The minimum Gasteiger partial charge on any atom is -0.374 e. The van der Waals surface area contributed by atoms with Crippen molar-refractivity contribution >= 4 is 5.78 Å². The predicted molar refractivity (Wildman–Crippen MR) is 75.9 cm³/mol. The quantitative estimate of drug-likeness (QED) is 0.652. The van der Waals surface area contributed by atoms with Gasteiger partial charge >= 0.3 is 0 Å². The Morgan fingerprint density at radius 3 is 1.89 bits per heavy atom. The molecule has 1 unspecified atom stereocenters. The highest BCUT2D eigenvalue weighted by Gasteiger charge is 2.05. The third kappa shape index (κ3) is 3.08. The average Bonchev–Trinajstić information content (AvgIpc) is 2.46. The zero-order valence-electron chi connectivity index (χ0n) is 11.1. The van der Waals surface area contributed by atoms with Gasteiger partial charge in [-0.2, -0.15) is 0 Å². The van der Waals surface area contributed by atoms with E-state index < -0.39 is 6.23 Å². The molecule has 2 rings (SSSR count). The zero-order chi connectivity index (χ0) is 13.8. The fraction of sp³-hybridized carbons (Fsp3) is 0.188. The standard InChI is InChI=1S/C16H17NO2/c1-11(18)12-3-5-13(6-4-12)14-7-9-15(10-8-14)16(19)17-2/h3-10,16-17,19H,1-2H3. The van der Waals surface area contributed by atoms with Crippen molar-refractivity contribution in [3.63, 3.8) is 0 Å². The maximum Gasteiger partial charge on any atom is 0.159 e. The fourth-order valence-electron chi connectivity index (χ4n) is 1.92. The molecule has 2 aromatic carbocycles. The molecule has 2 aromatic rings. The van der Waals surface area contributed by atoms with Crippen LogP contribution in [0.2, 0.25) is 0 Å². The van der Waals surface area contributed by atoms with Crippen LogP contribution in [0.1, 0.15) is 29.1 Å². The minimum atomic E-state index is -0.644. The second-order valence-corrected chi connectivity index (χ2v) is 4.45. The molecule has 0 aliphatic heterocycles. The first-order valence-electron chi connectivity index (χ1n) is 6.18. The van der Waals surface area contributed by atoms with Crippen molar-refractivity contribution in [2.45, 2.75) is 13.2 Å². The van der Waals surface area contributed by atoms with Crippen LogP contribution < -0.4 is 5.32 Å². The number of nitrogens with one attached hydrogen (secondary N) is 1. The lowest BCUT2D eigenvalue weighted by molar-refractivity contribution is 0.101. The molecular weight excluding hydrogens is 238 g/mol. The van der Waals surface area contributed by atoms with E-state index in [0.29, 0.717) is 5.56 Å². The first-order valence-corrected chi connectivity index (χ1v) is 6.18. The van der Waals surface area contributed by atoms with Gasteiger partial charge in [-0.1, -0.05) is 48.5 Å². The number of hydrogen-bond acceptors (Lipinski definition) is 3. The van der Waals surface area contributed by atoms with Gasteiger partial charge in [-0.25, -0.2) is 0 Å². The van der Waals surface area contributed by atoms with Crippen LogP contribution in [0.4, 0.5) is 0 Å². The van der Waals surface area contributed by atoms with Crippen molar-refractivity contribution in [2.24, 2.45) is 0 Å². The van der Waals surface area contributed by atoms with Crippen molar-refractivity contribution in [3.8, 4) is 11.1 Å². The molecule has 3 nitrogen and oxygen atoms in total. The highest BCUT2D eigenvalue weighted by Crippen LogP contribution is 2.22. The summed E-state index contributed by atoms with van der Waals surface area (Å²) >= 11 is 0. The summed E-state index contributed by atoms with van der Waals surface area (Å²) in [7, 11) is 1.71. The number of aliphatic hydroxyl groups excluding tert-OH is 1. The number of ketones is 1. The van der Waals surface area contributed by atoms with Gasteiger partial charge in [0.05, 0.1) is 0 Å². The van der Waals surface area contributed by atoms with Crippen molar-refractivity contribution in [3.05, 3.63) is 59.7 Å². The lowest BCUT2D eigenvalue weighted by Gasteiger charge is -2.10. The molecule has 0 radical (unpaired) electrons. The van der Waals surface area contributed by atoms with Crippen LogP contribution in [0.3, 0.4) is 0 Å². The van der Waals surface area contributed by atoms with Gasteiger partial charge in [-0.05, 0) is 30.7 Å². The maximum absolute atomic E-state index is 11.2. The number of aliphatic hydroxyl groups is 1. The molecule has 98 valence electrons. The summed E-state index contributed by atoms with van der Waals surface area (Å²) in [4.78, 5) is 11.2. The molecule has 3 heteroatoms. The molecule has 0 aliphatic rings. The maximum atomic E-state index is 11.2. The summed E-state index contributed by atoms with van der Waals surface area (Å²) in [6, 6.07) is 15.2. The minimum absolute atomic E-state index is 0.0686. The summed E-state index contributed by atoms with van der Waals surface area (Å²) in [6.07, 6.45) is -0.644. The van der Waals surface area contributed by atoms with Crippen LogP contribution in [0.25, 0.3) is 11.1 Å². The van der Waals surface area contributed by atoms with E-state index in [1.54, 1.807) is 14.0 Å². The molecule has 0 amide bonds. The topological polar surface area (TPSA) is 49.3 Å². The first kappa shape index (κ1) is 13.5. The third-order valence-electron chi connectivity index (χ3n) is 3.12. The van der Waals surface area contributed by atoms with Gasteiger partial charge < -0.3 is 5.11 Å². The van der Waals surface area contributed by atoms with E-state index in [-0.39, 0.29) is 5.78 Å². The van der Waals surface area contributed by atoms with Crippen LogP contribution in [-0.2, 0) is 0 Å². The lowest BCUT2D eigenvalue weighted by Crippen LogP contribution is -2.14. The van der Waals surface area contributed by atoms with E-state index in [1.165, 1.54) is 0 Å². The highest BCUT2D eigenvalue weighted by molar-refractivity contribution is 5.94. The Bertz CT molecular complexity index is 558. The summed E-state index contributed by atoms with van der Waals surface area (Å²) in [6.45, 7) is 1.56. The normalized spacial score (nSPS) is 12.2. The van der Waals surface area contributed by atoms with Gasteiger partial charge in [0.1, 0.15) is 6.23 Å². The van der Waals surface area contributed by atoms with Crippen LogP contribution in [0.15, 0.2) is 48.5 Å². The predicted octanol–water partition coefficient (Wildman–Crippen LogP) is 2.77. The van der Waals surface area contributed by atoms with Gasteiger partial charge in [-0.15, -0.1) is 0 Å². The fourth-order valence-corrected chi connectivity index (χ4v) is 1.92. The third-order valence-corrected chi connectivity index (χ3v) is 3.12. The molecule has 19 heavy (non-hydrogen) atoms. The lowest BCUT2D eigenvalue weighted by atomic mass is 10.0. The SMILES string of the molecule is CNC(O)c1ccc(-c2ccc(C(C)=O)cc2)cc1. The summed E-state index contributed by atoms with van der Waals surface area (Å²) in [5, 5.41) is 12.4. The van der Waals surface area contributed by atoms with Crippen molar-refractivity contribution in [2.75, 3.05) is 7.05 Å². The molecule has 0 heterocycles. The molecule has 0 fully saturated rings. The molecule has 0 aliphatic carbocycles. The Balaban J connectivity index is 2.24. The van der Waals surface area contributed by atoms with Gasteiger partial charge in [0.2, 0.25) is 0 Å². The van der Waals surface area contributed by atoms with E-state index in [0.717, 1.165) is 16.7 Å². The number of hydrogen-bond donors (Lipinski definition) is 2. The van der Waals surface area contributed by atoms with Crippen LogP contribution >= 0.6 is 0 Å². The van der Waals surface area contributed by atoms with Crippen molar-refractivity contribution < 1.29 is 9.90 Å². The number of rotatable bonds is 4. The summed E-state index contributed by atoms with van der Waals surface area (Å²) in [5.41, 5.74) is 3.65. The monoisotopic (exact) mass is 255 g/mol. The Morgan fingerprint density at radius 1 is 1.00 bits per heavy atom. The molecule has 0 bridgehead atoms. The smallest absolute Gasteiger partial charge is 0.159 e.